The third-order valence-electron chi connectivity index (χ3n) is 2.45. The van der Waals surface area contributed by atoms with Crippen LogP contribution in [0.5, 0.6) is 0 Å². The molecular weight excluding hydrogens is 188 g/mol. The zero-order valence-electron chi connectivity index (χ0n) is 9.62. The first-order valence-corrected chi connectivity index (χ1v) is 5.37. The molecule has 0 aliphatic heterocycles. The van der Waals surface area contributed by atoms with Crippen LogP contribution in [0.1, 0.15) is 36.2 Å². The highest BCUT2D eigenvalue weighted by atomic mass is 16.5. The lowest BCUT2D eigenvalue weighted by molar-refractivity contribution is 0.0447. The number of hydrogen-bond donors (Lipinski definition) is 0. The summed E-state index contributed by atoms with van der Waals surface area (Å²) in [4.78, 5) is 11.6. The Labute approximate surface area is 91.3 Å². The molecule has 0 spiro atoms. The van der Waals surface area contributed by atoms with E-state index in [0.717, 1.165) is 12.0 Å². The van der Waals surface area contributed by atoms with Crippen molar-refractivity contribution < 1.29 is 9.53 Å². The number of esters is 1. The van der Waals surface area contributed by atoms with Crippen LogP contribution >= 0.6 is 0 Å². The molecule has 1 aromatic carbocycles. The lowest BCUT2D eigenvalue weighted by atomic mass is 10.1. The molecule has 0 bridgehead atoms. The third kappa shape index (κ3) is 3.74. The van der Waals surface area contributed by atoms with Gasteiger partial charge in [-0.2, -0.15) is 0 Å². The molecule has 2 nitrogen and oxygen atoms in total. The lowest BCUT2D eigenvalue weighted by Gasteiger charge is -2.09. The summed E-state index contributed by atoms with van der Waals surface area (Å²) in [6.07, 6.45) is 1.03. The van der Waals surface area contributed by atoms with Gasteiger partial charge in [-0.3, -0.25) is 0 Å². The molecule has 0 fully saturated rings. The Balaban J connectivity index is 2.54. The molecule has 2 heteroatoms. The van der Waals surface area contributed by atoms with E-state index in [2.05, 4.69) is 13.8 Å². The molecule has 0 N–H and O–H groups in total. The van der Waals surface area contributed by atoms with Gasteiger partial charge in [-0.1, -0.05) is 38.0 Å². The van der Waals surface area contributed by atoms with E-state index >= 15 is 0 Å². The van der Waals surface area contributed by atoms with E-state index in [4.69, 9.17) is 4.74 Å². The average Bonchev–Trinajstić information content (AvgIpc) is 2.25. The summed E-state index contributed by atoms with van der Waals surface area (Å²) in [6, 6.07) is 7.46. The van der Waals surface area contributed by atoms with E-state index in [-0.39, 0.29) is 5.97 Å². The molecule has 0 aliphatic rings. The Kier molecular flexibility index (Phi) is 4.35. The second-order valence-corrected chi connectivity index (χ2v) is 3.98. The van der Waals surface area contributed by atoms with E-state index in [1.165, 1.54) is 0 Å². The Bertz CT molecular complexity index is 331. The van der Waals surface area contributed by atoms with Crippen molar-refractivity contribution in [2.45, 2.75) is 27.2 Å². The van der Waals surface area contributed by atoms with Crippen molar-refractivity contribution in [2.24, 2.45) is 5.92 Å². The smallest absolute Gasteiger partial charge is 0.338 e. The highest BCUT2D eigenvalue weighted by molar-refractivity contribution is 5.89. The maximum absolute atomic E-state index is 11.6. The van der Waals surface area contributed by atoms with Gasteiger partial charge < -0.3 is 4.74 Å². The Morgan fingerprint density at radius 1 is 1.47 bits per heavy atom. The largest absolute Gasteiger partial charge is 0.462 e. The quantitative estimate of drug-likeness (QED) is 0.707. The predicted molar refractivity (Wildman–Crippen MR) is 60.9 cm³/mol. The maximum atomic E-state index is 11.6. The van der Waals surface area contributed by atoms with Crippen LogP contribution in [0.2, 0.25) is 0 Å². The first-order chi connectivity index (χ1) is 7.13. The molecule has 0 radical (unpaired) electrons. The number of carbonyl (C=O) groups is 1. The first-order valence-electron chi connectivity index (χ1n) is 5.37. The van der Waals surface area contributed by atoms with Crippen molar-refractivity contribution in [3.05, 3.63) is 35.4 Å². The minimum absolute atomic E-state index is 0.223. The fraction of sp³-hybridized carbons (Fsp3) is 0.462. The SMILES string of the molecule is CC[C@H](C)COC(=O)c1cccc(C)c1. The van der Waals surface area contributed by atoms with Gasteiger partial charge >= 0.3 is 5.97 Å². The number of carbonyl (C=O) groups excluding carboxylic acids is 1. The van der Waals surface area contributed by atoms with Crippen LogP contribution in [-0.2, 0) is 4.74 Å². The van der Waals surface area contributed by atoms with Crippen LogP contribution in [0.25, 0.3) is 0 Å². The minimum Gasteiger partial charge on any atom is -0.462 e. The minimum atomic E-state index is -0.223. The van der Waals surface area contributed by atoms with Gasteiger partial charge in [-0.25, -0.2) is 4.79 Å². The molecule has 1 aromatic rings. The molecule has 0 saturated heterocycles. The van der Waals surface area contributed by atoms with Gasteiger partial charge in [0, 0.05) is 0 Å². The zero-order chi connectivity index (χ0) is 11.3. The van der Waals surface area contributed by atoms with Crippen LogP contribution < -0.4 is 0 Å². The van der Waals surface area contributed by atoms with Crippen LogP contribution in [0.4, 0.5) is 0 Å². The predicted octanol–water partition coefficient (Wildman–Crippen LogP) is 3.20. The third-order valence-corrected chi connectivity index (χ3v) is 2.45. The zero-order valence-corrected chi connectivity index (χ0v) is 9.62. The Morgan fingerprint density at radius 2 is 2.20 bits per heavy atom. The number of aryl methyl sites for hydroxylation is 1. The molecule has 82 valence electrons. The summed E-state index contributed by atoms with van der Waals surface area (Å²) >= 11 is 0. The summed E-state index contributed by atoms with van der Waals surface area (Å²) < 4.78 is 5.20. The highest BCUT2D eigenvalue weighted by Gasteiger charge is 2.08. The van der Waals surface area contributed by atoms with Gasteiger partial charge in [0.1, 0.15) is 0 Å². The fourth-order valence-electron chi connectivity index (χ4n) is 1.19. The van der Waals surface area contributed by atoms with Crippen molar-refractivity contribution in [1.29, 1.82) is 0 Å². The second kappa shape index (κ2) is 5.54. The van der Waals surface area contributed by atoms with Gasteiger partial charge in [-0.05, 0) is 25.0 Å². The van der Waals surface area contributed by atoms with Crippen LogP contribution in [0.3, 0.4) is 0 Å². The van der Waals surface area contributed by atoms with Gasteiger partial charge in [0.2, 0.25) is 0 Å². The first kappa shape index (κ1) is 11.8. The van der Waals surface area contributed by atoms with Crippen LogP contribution in [0, 0.1) is 12.8 Å². The van der Waals surface area contributed by atoms with E-state index in [1.807, 2.05) is 25.1 Å². The second-order valence-electron chi connectivity index (χ2n) is 3.98. The van der Waals surface area contributed by atoms with Crippen LogP contribution in [0.15, 0.2) is 24.3 Å². The summed E-state index contributed by atoms with van der Waals surface area (Å²) in [5.41, 5.74) is 1.71. The average molecular weight is 206 g/mol. The monoisotopic (exact) mass is 206 g/mol. The van der Waals surface area contributed by atoms with Gasteiger partial charge in [0.05, 0.1) is 12.2 Å². The number of rotatable bonds is 4. The molecule has 0 amide bonds. The van der Waals surface area contributed by atoms with Gasteiger partial charge in [0.15, 0.2) is 0 Å². The van der Waals surface area contributed by atoms with Gasteiger partial charge in [0.25, 0.3) is 0 Å². The molecule has 0 unspecified atom stereocenters. The normalized spacial score (nSPS) is 12.2. The Morgan fingerprint density at radius 3 is 2.80 bits per heavy atom. The summed E-state index contributed by atoms with van der Waals surface area (Å²) in [7, 11) is 0. The molecule has 1 rings (SSSR count). The maximum Gasteiger partial charge on any atom is 0.338 e. The summed E-state index contributed by atoms with van der Waals surface area (Å²) in [6.45, 7) is 6.63. The van der Waals surface area contributed by atoms with E-state index in [9.17, 15) is 4.79 Å². The molecule has 0 heterocycles. The van der Waals surface area contributed by atoms with Crippen LogP contribution in [-0.4, -0.2) is 12.6 Å². The molecule has 0 aromatic heterocycles. The van der Waals surface area contributed by atoms with E-state index < -0.39 is 0 Å². The fourth-order valence-corrected chi connectivity index (χ4v) is 1.19. The topological polar surface area (TPSA) is 26.3 Å². The standard InChI is InChI=1S/C13H18O2/c1-4-10(2)9-15-13(14)12-7-5-6-11(3)8-12/h5-8,10H,4,9H2,1-3H3/t10-/m0/s1. The summed E-state index contributed by atoms with van der Waals surface area (Å²) in [5, 5.41) is 0. The highest BCUT2D eigenvalue weighted by Crippen LogP contribution is 2.07. The van der Waals surface area contributed by atoms with Crippen molar-refractivity contribution in [1.82, 2.24) is 0 Å². The number of benzene rings is 1. The number of hydrogen-bond acceptors (Lipinski definition) is 2. The molecule has 1 atom stereocenters. The van der Waals surface area contributed by atoms with Gasteiger partial charge in [-0.15, -0.1) is 0 Å². The van der Waals surface area contributed by atoms with Crippen molar-refractivity contribution in [3.63, 3.8) is 0 Å². The molecule has 15 heavy (non-hydrogen) atoms. The van der Waals surface area contributed by atoms with Crippen molar-refractivity contribution >= 4 is 5.97 Å². The Hall–Kier alpha value is -1.31. The van der Waals surface area contributed by atoms with Crippen molar-refractivity contribution in [2.75, 3.05) is 6.61 Å². The lowest BCUT2D eigenvalue weighted by Crippen LogP contribution is -2.11. The van der Waals surface area contributed by atoms with E-state index in [0.29, 0.717) is 18.1 Å². The van der Waals surface area contributed by atoms with E-state index in [1.54, 1.807) is 6.07 Å². The molecular formula is C13H18O2. The summed E-state index contributed by atoms with van der Waals surface area (Å²) in [5.74, 6) is 0.206. The number of ether oxygens (including phenoxy) is 1. The van der Waals surface area contributed by atoms with Crippen molar-refractivity contribution in [3.8, 4) is 0 Å². The molecule has 0 aliphatic carbocycles. The molecule has 0 saturated carbocycles.